The number of carboxylic acid groups (broad SMARTS) is 2. The Labute approximate surface area is 86.1 Å². The van der Waals surface area contributed by atoms with Crippen LogP contribution >= 0.6 is 0 Å². The van der Waals surface area contributed by atoms with Gasteiger partial charge in [0.05, 0.1) is 6.42 Å². The van der Waals surface area contributed by atoms with Crippen LogP contribution in [0.2, 0.25) is 0 Å². The summed E-state index contributed by atoms with van der Waals surface area (Å²) in [4.78, 5) is 19.0. The topological polar surface area (TPSA) is 127 Å². The molecule has 0 aliphatic rings. The maximum absolute atomic E-state index is 10.2. The van der Waals surface area contributed by atoms with E-state index in [4.69, 9.17) is 20.7 Å². The van der Waals surface area contributed by atoms with Gasteiger partial charge in [-0.15, -0.1) is 0 Å². The lowest BCUT2D eigenvalue weighted by Gasteiger charge is -1.96. The molecule has 15 heavy (non-hydrogen) atoms. The number of nitrogen functional groups attached to an aromatic ring is 1. The van der Waals surface area contributed by atoms with Crippen LogP contribution in [0.1, 0.15) is 5.56 Å². The van der Waals surface area contributed by atoms with Gasteiger partial charge < -0.3 is 21.7 Å². The smallest absolute Gasteiger partial charge is 0.402 e. The molecule has 6 N–H and O–H groups in total. The van der Waals surface area contributed by atoms with Gasteiger partial charge >= 0.3 is 12.1 Å². The Kier molecular flexibility index (Phi) is 5.32. The molecule has 0 heterocycles. The van der Waals surface area contributed by atoms with Crippen molar-refractivity contribution in [3.05, 3.63) is 29.8 Å². The van der Waals surface area contributed by atoms with Crippen molar-refractivity contribution < 1.29 is 19.8 Å². The maximum Gasteiger partial charge on any atom is 0.402 e. The predicted molar refractivity (Wildman–Crippen MR) is 54.4 cm³/mol. The molecule has 0 saturated heterocycles. The quantitative estimate of drug-likeness (QED) is 0.531. The Balaban J connectivity index is 0.000000423. The number of carboxylic acids is 1. The van der Waals surface area contributed by atoms with Crippen LogP contribution in [0.25, 0.3) is 0 Å². The minimum Gasteiger partial charge on any atom is -0.481 e. The molecule has 0 aromatic heterocycles. The summed E-state index contributed by atoms with van der Waals surface area (Å²) in [5.41, 5.74) is 10.9. The van der Waals surface area contributed by atoms with Gasteiger partial charge in [0.2, 0.25) is 0 Å². The van der Waals surface area contributed by atoms with Crippen molar-refractivity contribution in [2.75, 3.05) is 5.73 Å². The fourth-order valence-corrected chi connectivity index (χ4v) is 0.810. The highest BCUT2D eigenvalue weighted by Crippen LogP contribution is 2.05. The summed E-state index contributed by atoms with van der Waals surface area (Å²) in [6, 6.07) is 6.81. The van der Waals surface area contributed by atoms with E-state index in [2.05, 4.69) is 5.73 Å². The summed E-state index contributed by atoms with van der Waals surface area (Å²) < 4.78 is 0. The standard InChI is InChI=1S/C8H9NO2.CH3NO2/c9-7-3-1-6(2-4-7)5-8(10)11;2-1(3)4/h1-4H,5,9H2,(H,10,11);2H2,(H,3,4). The van der Waals surface area contributed by atoms with Crippen molar-refractivity contribution in [3.63, 3.8) is 0 Å². The maximum atomic E-state index is 10.2. The third kappa shape index (κ3) is 8.10. The molecule has 1 aromatic rings. The third-order valence-electron chi connectivity index (χ3n) is 1.34. The van der Waals surface area contributed by atoms with Gasteiger partial charge in [0, 0.05) is 5.69 Å². The van der Waals surface area contributed by atoms with E-state index in [0.717, 1.165) is 5.56 Å². The van der Waals surface area contributed by atoms with Crippen LogP contribution < -0.4 is 11.5 Å². The van der Waals surface area contributed by atoms with Crippen LogP contribution in [-0.2, 0) is 11.2 Å². The van der Waals surface area contributed by atoms with E-state index in [1.54, 1.807) is 24.3 Å². The number of aliphatic carboxylic acids is 1. The Hall–Kier alpha value is -2.24. The Bertz CT molecular complexity index is 330. The molecular formula is C9H12N2O4. The van der Waals surface area contributed by atoms with Crippen LogP contribution in [0.3, 0.4) is 0 Å². The van der Waals surface area contributed by atoms with Gasteiger partial charge in [-0.25, -0.2) is 4.79 Å². The zero-order valence-corrected chi connectivity index (χ0v) is 7.88. The Morgan fingerprint density at radius 1 is 1.13 bits per heavy atom. The molecule has 0 atom stereocenters. The molecule has 0 saturated carbocycles. The first kappa shape index (κ1) is 12.8. The number of hydrogen-bond acceptors (Lipinski definition) is 3. The molecule has 1 aromatic carbocycles. The summed E-state index contributed by atoms with van der Waals surface area (Å²) >= 11 is 0. The number of amides is 1. The monoisotopic (exact) mass is 212 g/mol. The van der Waals surface area contributed by atoms with E-state index in [-0.39, 0.29) is 6.42 Å². The number of hydrogen-bond donors (Lipinski definition) is 4. The molecule has 0 aliphatic heterocycles. The van der Waals surface area contributed by atoms with Crippen molar-refractivity contribution in [1.29, 1.82) is 0 Å². The number of rotatable bonds is 2. The molecule has 0 radical (unpaired) electrons. The first-order valence-electron chi connectivity index (χ1n) is 3.96. The Morgan fingerprint density at radius 2 is 1.53 bits per heavy atom. The van der Waals surface area contributed by atoms with Crippen LogP contribution in [-0.4, -0.2) is 22.3 Å². The zero-order valence-electron chi connectivity index (χ0n) is 7.88. The molecule has 0 spiro atoms. The van der Waals surface area contributed by atoms with Crippen LogP contribution in [0.5, 0.6) is 0 Å². The number of nitrogens with two attached hydrogens (primary N) is 2. The molecular weight excluding hydrogens is 200 g/mol. The fraction of sp³-hybridized carbons (Fsp3) is 0.111. The molecule has 0 fully saturated rings. The Morgan fingerprint density at radius 3 is 1.87 bits per heavy atom. The summed E-state index contributed by atoms with van der Waals surface area (Å²) in [5, 5.41) is 15.6. The predicted octanol–water partition coefficient (Wildman–Crippen LogP) is 0.519. The van der Waals surface area contributed by atoms with E-state index in [9.17, 15) is 4.79 Å². The van der Waals surface area contributed by atoms with E-state index in [1.165, 1.54) is 0 Å². The van der Waals surface area contributed by atoms with Gasteiger partial charge in [-0.3, -0.25) is 4.79 Å². The van der Waals surface area contributed by atoms with Crippen molar-refractivity contribution in [3.8, 4) is 0 Å². The molecule has 82 valence electrons. The lowest BCUT2D eigenvalue weighted by Crippen LogP contribution is -2.03. The van der Waals surface area contributed by atoms with E-state index < -0.39 is 12.1 Å². The van der Waals surface area contributed by atoms with Gasteiger partial charge in [-0.05, 0) is 17.7 Å². The second-order valence-corrected chi connectivity index (χ2v) is 2.65. The molecule has 0 bridgehead atoms. The fourth-order valence-electron chi connectivity index (χ4n) is 0.810. The lowest BCUT2D eigenvalue weighted by molar-refractivity contribution is -0.136. The van der Waals surface area contributed by atoms with Gasteiger partial charge in [0.25, 0.3) is 0 Å². The average molecular weight is 212 g/mol. The van der Waals surface area contributed by atoms with E-state index >= 15 is 0 Å². The second-order valence-electron chi connectivity index (χ2n) is 2.65. The van der Waals surface area contributed by atoms with Crippen LogP contribution in [0, 0.1) is 0 Å². The highest BCUT2D eigenvalue weighted by atomic mass is 16.4. The zero-order chi connectivity index (χ0) is 11.8. The number of anilines is 1. The lowest BCUT2D eigenvalue weighted by atomic mass is 10.1. The van der Waals surface area contributed by atoms with Crippen molar-refractivity contribution >= 4 is 17.7 Å². The van der Waals surface area contributed by atoms with Gasteiger partial charge in [-0.1, -0.05) is 12.1 Å². The summed E-state index contributed by atoms with van der Waals surface area (Å²) in [6.45, 7) is 0. The largest absolute Gasteiger partial charge is 0.481 e. The van der Waals surface area contributed by atoms with Crippen molar-refractivity contribution in [2.24, 2.45) is 5.73 Å². The molecule has 1 rings (SSSR count). The average Bonchev–Trinajstić information content (AvgIpc) is 2.07. The van der Waals surface area contributed by atoms with E-state index in [0.29, 0.717) is 5.69 Å². The summed E-state index contributed by atoms with van der Waals surface area (Å²) in [7, 11) is 0. The molecule has 6 nitrogen and oxygen atoms in total. The molecule has 0 aliphatic carbocycles. The normalized spacial score (nSPS) is 8.53. The second kappa shape index (κ2) is 6.25. The first-order valence-corrected chi connectivity index (χ1v) is 3.96. The van der Waals surface area contributed by atoms with E-state index in [1.807, 2.05) is 0 Å². The number of benzene rings is 1. The first-order chi connectivity index (χ1) is 6.91. The molecule has 1 amide bonds. The number of carbonyl (C=O) groups is 2. The van der Waals surface area contributed by atoms with Gasteiger partial charge in [0.1, 0.15) is 0 Å². The molecule has 0 unspecified atom stereocenters. The SMILES string of the molecule is NC(=O)O.Nc1ccc(CC(=O)O)cc1. The minimum absolute atomic E-state index is 0.0558. The molecule has 6 heteroatoms. The number of primary amides is 1. The highest BCUT2D eigenvalue weighted by Gasteiger charge is 1.98. The highest BCUT2D eigenvalue weighted by molar-refractivity contribution is 5.70. The van der Waals surface area contributed by atoms with Gasteiger partial charge in [0.15, 0.2) is 0 Å². The summed E-state index contributed by atoms with van der Waals surface area (Å²) in [5.74, 6) is -0.824. The van der Waals surface area contributed by atoms with Gasteiger partial charge in [-0.2, -0.15) is 0 Å². The summed E-state index contributed by atoms with van der Waals surface area (Å²) in [6.07, 6.45) is -1.28. The van der Waals surface area contributed by atoms with Crippen molar-refractivity contribution in [2.45, 2.75) is 6.42 Å². The minimum atomic E-state index is -1.33. The van der Waals surface area contributed by atoms with Crippen LogP contribution in [0.4, 0.5) is 10.5 Å². The van der Waals surface area contributed by atoms with Crippen LogP contribution in [0.15, 0.2) is 24.3 Å². The van der Waals surface area contributed by atoms with Crippen molar-refractivity contribution in [1.82, 2.24) is 0 Å². The third-order valence-corrected chi connectivity index (χ3v) is 1.34.